The van der Waals surface area contributed by atoms with Gasteiger partial charge in [0, 0.05) is 47.5 Å². The van der Waals surface area contributed by atoms with E-state index in [1.54, 1.807) is 51.4 Å². The van der Waals surface area contributed by atoms with E-state index in [0.717, 1.165) is 10.9 Å². The number of amides is 2. The minimum absolute atomic E-state index is 0.0588. The number of hydrogen-bond donors (Lipinski definition) is 1. The predicted octanol–water partition coefficient (Wildman–Crippen LogP) is 2.65. The third-order valence-electron chi connectivity index (χ3n) is 5.89. The van der Waals surface area contributed by atoms with Crippen molar-refractivity contribution in [1.82, 2.24) is 14.5 Å². The van der Waals surface area contributed by atoms with Crippen molar-refractivity contribution in [1.29, 1.82) is 5.26 Å². The monoisotopic (exact) mass is 520 g/mol. The maximum Gasteiger partial charge on any atom is 0.263 e. The van der Waals surface area contributed by atoms with Gasteiger partial charge in [0.05, 0.1) is 16.5 Å². The fourth-order valence-electron chi connectivity index (χ4n) is 4.07. The fourth-order valence-corrected chi connectivity index (χ4v) is 5.85. The van der Waals surface area contributed by atoms with Crippen LogP contribution in [0, 0.1) is 11.3 Å². The van der Waals surface area contributed by atoms with Gasteiger partial charge in [-0.1, -0.05) is 0 Å². The van der Waals surface area contributed by atoms with Crippen LogP contribution < -0.4 is 9.62 Å². The van der Waals surface area contributed by atoms with Crippen LogP contribution in [0.5, 0.6) is 0 Å². The Hall–Kier alpha value is -4.21. The van der Waals surface area contributed by atoms with Crippen LogP contribution in [0.1, 0.15) is 5.56 Å². The Morgan fingerprint density at radius 1 is 1.14 bits per heavy atom. The van der Waals surface area contributed by atoms with E-state index in [9.17, 15) is 18.0 Å². The van der Waals surface area contributed by atoms with Crippen molar-refractivity contribution in [2.75, 3.05) is 29.3 Å². The van der Waals surface area contributed by atoms with E-state index in [2.05, 4.69) is 15.8 Å². The zero-order valence-electron chi connectivity index (χ0n) is 18.9. The fraction of sp³-hybridized carbons (Fsp3) is 0.167. The van der Waals surface area contributed by atoms with E-state index in [0.29, 0.717) is 24.3 Å². The van der Waals surface area contributed by atoms with Crippen LogP contribution >= 0.6 is 11.3 Å². The number of benzene rings is 2. The number of anilines is 2. The molecular weight excluding hydrogens is 500 g/mol. The molecule has 1 fully saturated rings. The summed E-state index contributed by atoms with van der Waals surface area (Å²) in [4.78, 5) is 32.8. The summed E-state index contributed by atoms with van der Waals surface area (Å²) in [6, 6.07) is 15.3. The van der Waals surface area contributed by atoms with Crippen LogP contribution in [0.15, 0.2) is 71.2 Å². The number of nitrogens with zero attached hydrogens (tertiary/aromatic N) is 5. The molecule has 4 aromatic rings. The molecule has 0 aliphatic carbocycles. The lowest BCUT2D eigenvalue weighted by atomic mass is 10.2. The zero-order valence-corrected chi connectivity index (χ0v) is 20.5. The number of sulfonamides is 1. The van der Waals surface area contributed by atoms with Gasteiger partial charge in [0.1, 0.15) is 13.1 Å². The number of carbonyl (C=O) groups excluding carboxylic acids is 2. The van der Waals surface area contributed by atoms with Crippen LogP contribution in [0.2, 0.25) is 0 Å². The summed E-state index contributed by atoms with van der Waals surface area (Å²) >= 11 is 1.18. The number of piperazine rings is 1. The largest absolute Gasteiger partial charge is 0.338 e. The third kappa shape index (κ3) is 4.66. The number of carbonyl (C=O) groups is 2. The number of fused-ring (bicyclic) bond motifs is 1. The highest BCUT2D eigenvalue weighted by molar-refractivity contribution is 7.93. The van der Waals surface area contributed by atoms with Gasteiger partial charge >= 0.3 is 0 Å². The molecule has 1 saturated heterocycles. The lowest BCUT2D eigenvalue weighted by molar-refractivity contribution is -0.137. The van der Waals surface area contributed by atoms with Crippen molar-refractivity contribution in [2.24, 2.45) is 0 Å². The highest BCUT2D eigenvalue weighted by Crippen LogP contribution is 2.23. The minimum Gasteiger partial charge on any atom is -0.338 e. The normalized spacial score (nSPS) is 14.1. The summed E-state index contributed by atoms with van der Waals surface area (Å²) in [5.74, 6) is -0.429. The quantitative estimate of drug-likeness (QED) is 0.416. The second-order valence-corrected chi connectivity index (χ2v) is 10.7. The molecule has 5 rings (SSSR count). The number of nitriles is 1. The molecule has 2 aromatic heterocycles. The Kier molecular flexibility index (Phi) is 6.17. The summed E-state index contributed by atoms with van der Waals surface area (Å²) in [6.45, 7) is 0.670. The van der Waals surface area contributed by atoms with E-state index in [-0.39, 0.29) is 34.9 Å². The number of nitrogens with one attached hydrogen (secondary N) is 1. The number of rotatable bonds is 6. The predicted molar refractivity (Wildman–Crippen MR) is 135 cm³/mol. The summed E-state index contributed by atoms with van der Waals surface area (Å²) in [5.41, 5.74) is 1.95. The van der Waals surface area contributed by atoms with E-state index < -0.39 is 10.0 Å². The molecule has 0 radical (unpaired) electrons. The van der Waals surface area contributed by atoms with Crippen LogP contribution in [-0.4, -0.2) is 54.3 Å². The molecule has 36 heavy (non-hydrogen) atoms. The summed E-state index contributed by atoms with van der Waals surface area (Å²) in [6.07, 6.45) is 3.30. The van der Waals surface area contributed by atoms with Gasteiger partial charge < -0.3 is 14.4 Å². The molecule has 3 heterocycles. The lowest BCUT2D eigenvalue weighted by Crippen LogP contribution is -2.53. The van der Waals surface area contributed by atoms with Gasteiger partial charge in [-0.3, -0.25) is 14.3 Å². The van der Waals surface area contributed by atoms with Crippen molar-refractivity contribution in [3.63, 3.8) is 0 Å². The first-order valence-corrected chi connectivity index (χ1v) is 13.3. The summed E-state index contributed by atoms with van der Waals surface area (Å²) in [7, 11) is -3.79. The highest BCUT2D eigenvalue weighted by atomic mass is 32.2. The molecule has 0 unspecified atom stereocenters. The topological polar surface area (TPSA) is 128 Å². The first kappa shape index (κ1) is 23.5. The van der Waals surface area contributed by atoms with Crippen molar-refractivity contribution in [2.45, 2.75) is 11.4 Å². The molecule has 2 amide bonds. The molecule has 0 bridgehead atoms. The second-order valence-electron chi connectivity index (χ2n) is 8.13. The molecule has 1 N–H and O–H groups in total. The molecule has 0 spiro atoms. The summed E-state index contributed by atoms with van der Waals surface area (Å²) < 4.78 is 29.3. The van der Waals surface area contributed by atoms with Gasteiger partial charge in [0.25, 0.3) is 10.0 Å². The van der Waals surface area contributed by atoms with Crippen LogP contribution in [-0.2, 0) is 26.2 Å². The lowest BCUT2D eigenvalue weighted by Gasteiger charge is -2.34. The first-order chi connectivity index (χ1) is 17.3. The first-order valence-electron chi connectivity index (χ1n) is 10.9. The molecular formula is C24H20N6O4S2. The number of aromatic nitrogens is 2. The number of thiazole rings is 1. The SMILES string of the molecule is N#Cc1ccc2c(ccn2CC(=O)N2CCN(c3ccc(S(=O)(=O)Nc4nccs4)cc3)C(=O)C2)c1. The molecule has 10 nitrogen and oxygen atoms in total. The molecule has 0 saturated carbocycles. The third-order valence-corrected chi connectivity index (χ3v) is 8.06. The Morgan fingerprint density at radius 3 is 2.64 bits per heavy atom. The average Bonchev–Trinajstić information content (AvgIpc) is 3.53. The van der Waals surface area contributed by atoms with Crippen molar-refractivity contribution in [3.05, 3.63) is 71.9 Å². The number of hydrogen-bond acceptors (Lipinski definition) is 7. The van der Waals surface area contributed by atoms with Gasteiger partial charge in [-0.05, 0) is 48.5 Å². The van der Waals surface area contributed by atoms with Crippen LogP contribution in [0.25, 0.3) is 10.9 Å². The van der Waals surface area contributed by atoms with Gasteiger partial charge in [-0.15, -0.1) is 11.3 Å². The Balaban J connectivity index is 1.23. The van der Waals surface area contributed by atoms with Gasteiger partial charge in [-0.25, -0.2) is 13.4 Å². The van der Waals surface area contributed by atoms with Crippen molar-refractivity contribution in [3.8, 4) is 6.07 Å². The molecule has 1 aliphatic heterocycles. The maximum atomic E-state index is 12.9. The molecule has 12 heteroatoms. The van der Waals surface area contributed by atoms with E-state index in [1.807, 2.05) is 6.07 Å². The Bertz CT molecular complexity index is 1590. The van der Waals surface area contributed by atoms with E-state index in [4.69, 9.17) is 5.26 Å². The van der Waals surface area contributed by atoms with Crippen molar-refractivity contribution >= 4 is 54.9 Å². The van der Waals surface area contributed by atoms with Gasteiger partial charge in [-0.2, -0.15) is 5.26 Å². The van der Waals surface area contributed by atoms with Crippen LogP contribution in [0.3, 0.4) is 0 Å². The minimum atomic E-state index is -3.79. The van der Waals surface area contributed by atoms with E-state index in [1.165, 1.54) is 34.6 Å². The molecule has 2 aromatic carbocycles. The smallest absolute Gasteiger partial charge is 0.263 e. The van der Waals surface area contributed by atoms with E-state index >= 15 is 0 Å². The summed E-state index contributed by atoms with van der Waals surface area (Å²) in [5, 5.41) is 11.9. The molecule has 182 valence electrons. The average molecular weight is 521 g/mol. The Morgan fingerprint density at radius 2 is 1.94 bits per heavy atom. The van der Waals surface area contributed by atoms with Gasteiger partial charge in [0.2, 0.25) is 11.8 Å². The Labute approximate surface area is 211 Å². The molecule has 1 aliphatic rings. The van der Waals surface area contributed by atoms with Crippen molar-refractivity contribution < 1.29 is 18.0 Å². The second kappa shape index (κ2) is 9.44. The zero-order chi connectivity index (χ0) is 25.3. The molecule has 0 atom stereocenters. The van der Waals surface area contributed by atoms with Gasteiger partial charge in [0.15, 0.2) is 5.13 Å². The standard InChI is InChI=1S/C24H20N6O4S2/c25-14-17-1-6-21-18(13-17)7-9-28(21)15-22(31)29-10-11-30(23(32)16-29)19-2-4-20(5-3-19)36(33,34)27-24-26-8-12-35-24/h1-9,12-13H,10-11,15-16H2,(H,26,27). The maximum absolute atomic E-state index is 12.9. The van der Waals surface area contributed by atoms with Crippen LogP contribution in [0.4, 0.5) is 10.8 Å². The highest BCUT2D eigenvalue weighted by Gasteiger charge is 2.28.